The molecule has 0 saturated heterocycles. The number of amides is 1. The molecule has 1 aliphatic carbocycles. The van der Waals surface area contributed by atoms with E-state index in [0.29, 0.717) is 22.2 Å². The molecule has 0 radical (unpaired) electrons. The first-order chi connectivity index (χ1) is 13.8. The summed E-state index contributed by atoms with van der Waals surface area (Å²) in [5, 5.41) is 3.20. The van der Waals surface area contributed by atoms with Crippen molar-refractivity contribution < 1.29 is 28.3 Å². The van der Waals surface area contributed by atoms with Gasteiger partial charge in [0.05, 0.1) is 12.2 Å². The minimum atomic E-state index is -1.05. The summed E-state index contributed by atoms with van der Waals surface area (Å²) in [4.78, 5) is 38.4. The van der Waals surface area contributed by atoms with Gasteiger partial charge in [0.1, 0.15) is 10.8 Å². The summed E-state index contributed by atoms with van der Waals surface area (Å²) in [6.07, 6.45) is 1.57. The van der Waals surface area contributed by atoms with E-state index < -0.39 is 23.9 Å². The fraction of sp³-hybridized carbons (Fsp3) is 0.476. The second-order valence-corrected chi connectivity index (χ2v) is 8.33. The number of rotatable bonds is 6. The van der Waals surface area contributed by atoms with Crippen LogP contribution in [0.3, 0.4) is 0 Å². The topological polar surface area (TPSA) is 94.8 Å². The van der Waals surface area contributed by atoms with Gasteiger partial charge in [0.15, 0.2) is 6.10 Å². The largest absolute Gasteiger partial charge is 0.462 e. The maximum absolute atomic E-state index is 12.6. The van der Waals surface area contributed by atoms with Crippen LogP contribution in [0.4, 0.5) is 5.00 Å². The van der Waals surface area contributed by atoms with Crippen LogP contribution in [0.25, 0.3) is 0 Å². The summed E-state index contributed by atoms with van der Waals surface area (Å²) < 4.78 is 15.6. The summed E-state index contributed by atoms with van der Waals surface area (Å²) in [6.45, 7) is 7.35. The number of aryl methyl sites for hydroxylation is 1. The summed E-state index contributed by atoms with van der Waals surface area (Å²) in [5.74, 6) is -0.534. The van der Waals surface area contributed by atoms with Gasteiger partial charge in [-0.3, -0.25) is 4.79 Å². The third-order valence-electron chi connectivity index (χ3n) is 4.82. The first kappa shape index (κ1) is 21.1. The second-order valence-electron chi connectivity index (χ2n) is 7.22. The standard InChI is InChI=1S/C21H25NO6S/c1-5-26-21(25)17-14-8-6-11(2)10-16(14)29-19(17)22-18(23)13(4)28-20(24)15-9-7-12(3)27-15/h7,9,11,13H,5-6,8,10H2,1-4H3,(H,22,23)/t11-,13+/m1/s1. The first-order valence-electron chi connectivity index (χ1n) is 9.70. The maximum atomic E-state index is 12.6. The zero-order chi connectivity index (χ0) is 21.1. The second kappa shape index (κ2) is 8.82. The van der Waals surface area contributed by atoms with Crippen molar-refractivity contribution in [2.45, 2.75) is 53.1 Å². The fourth-order valence-electron chi connectivity index (χ4n) is 3.29. The Balaban J connectivity index is 1.76. The molecule has 0 bridgehead atoms. The fourth-order valence-corrected chi connectivity index (χ4v) is 4.69. The first-order valence-corrected chi connectivity index (χ1v) is 10.5. The van der Waals surface area contributed by atoms with E-state index in [1.165, 1.54) is 24.3 Å². The monoisotopic (exact) mass is 419 g/mol. The average molecular weight is 419 g/mol. The number of ether oxygens (including phenoxy) is 2. The quantitative estimate of drug-likeness (QED) is 0.707. The molecule has 0 aliphatic heterocycles. The van der Waals surface area contributed by atoms with E-state index in [1.54, 1.807) is 19.9 Å². The maximum Gasteiger partial charge on any atom is 0.375 e. The number of hydrogen-bond acceptors (Lipinski definition) is 7. The van der Waals surface area contributed by atoms with Crippen LogP contribution in [0.15, 0.2) is 16.5 Å². The molecule has 8 heteroatoms. The highest BCUT2D eigenvalue weighted by molar-refractivity contribution is 7.17. The molecule has 0 spiro atoms. The van der Waals surface area contributed by atoms with E-state index in [2.05, 4.69) is 12.2 Å². The Labute approximate surface area is 173 Å². The van der Waals surface area contributed by atoms with Crippen LogP contribution in [-0.4, -0.2) is 30.6 Å². The number of carbonyl (C=O) groups excluding carboxylic acids is 3. The molecule has 2 aromatic rings. The van der Waals surface area contributed by atoms with Crippen molar-refractivity contribution in [3.63, 3.8) is 0 Å². The zero-order valence-electron chi connectivity index (χ0n) is 17.0. The number of esters is 2. The van der Waals surface area contributed by atoms with Crippen molar-refractivity contribution >= 4 is 34.2 Å². The third-order valence-corrected chi connectivity index (χ3v) is 5.99. The van der Waals surface area contributed by atoms with Crippen molar-refractivity contribution in [2.75, 3.05) is 11.9 Å². The van der Waals surface area contributed by atoms with E-state index in [1.807, 2.05) is 0 Å². The van der Waals surface area contributed by atoms with Crippen molar-refractivity contribution in [2.24, 2.45) is 5.92 Å². The molecule has 1 aliphatic rings. The van der Waals surface area contributed by atoms with E-state index >= 15 is 0 Å². The van der Waals surface area contributed by atoms with Gasteiger partial charge in [-0.2, -0.15) is 0 Å². The molecule has 2 atom stereocenters. The molecule has 2 aromatic heterocycles. The Morgan fingerprint density at radius 1 is 1.31 bits per heavy atom. The Kier molecular flexibility index (Phi) is 6.42. The van der Waals surface area contributed by atoms with Gasteiger partial charge in [0, 0.05) is 4.88 Å². The molecule has 0 aromatic carbocycles. The highest BCUT2D eigenvalue weighted by Crippen LogP contribution is 2.40. The van der Waals surface area contributed by atoms with Crippen LogP contribution in [0, 0.1) is 12.8 Å². The van der Waals surface area contributed by atoms with Crippen LogP contribution < -0.4 is 5.32 Å². The lowest BCUT2D eigenvalue weighted by Crippen LogP contribution is -2.30. The molecule has 3 rings (SSSR count). The molecule has 1 amide bonds. The van der Waals surface area contributed by atoms with Crippen LogP contribution in [0.5, 0.6) is 0 Å². The smallest absolute Gasteiger partial charge is 0.375 e. The van der Waals surface area contributed by atoms with Crippen molar-refractivity contribution in [1.82, 2.24) is 0 Å². The van der Waals surface area contributed by atoms with Gasteiger partial charge in [-0.05, 0) is 63.6 Å². The Morgan fingerprint density at radius 3 is 2.72 bits per heavy atom. The lowest BCUT2D eigenvalue weighted by molar-refractivity contribution is -0.123. The Hall–Kier alpha value is -2.61. The van der Waals surface area contributed by atoms with E-state index in [-0.39, 0.29) is 12.4 Å². The van der Waals surface area contributed by atoms with Crippen LogP contribution in [-0.2, 0) is 27.1 Å². The van der Waals surface area contributed by atoms with Gasteiger partial charge in [-0.25, -0.2) is 9.59 Å². The minimum Gasteiger partial charge on any atom is -0.462 e. The third kappa shape index (κ3) is 4.70. The van der Waals surface area contributed by atoms with E-state index in [0.717, 1.165) is 29.7 Å². The lowest BCUT2D eigenvalue weighted by Gasteiger charge is -2.18. The number of fused-ring (bicyclic) bond motifs is 1. The number of hydrogen-bond donors (Lipinski definition) is 1. The van der Waals surface area contributed by atoms with Gasteiger partial charge in [0.25, 0.3) is 5.91 Å². The van der Waals surface area contributed by atoms with Crippen molar-refractivity contribution in [3.05, 3.63) is 39.7 Å². The SMILES string of the molecule is CCOC(=O)c1c(NC(=O)[C@H](C)OC(=O)c2ccc(C)o2)sc2c1CC[C@@H](C)C2. The molecule has 7 nitrogen and oxygen atoms in total. The predicted octanol–water partition coefficient (Wildman–Crippen LogP) is 4.14. The van der Waals surface area contributed by atoms with Gasteiger partial charge in [-0.15, -0.1) is 11.3 Å². The van der Waals surface area contributed by atoms with E-state index in [4.69, 9.17) is 13.9 Å². The van der Waals surface area contributed by atoms with Crippen molar-refractivity contribution in [1.29, 1.82) is 0 Å². The number of thiophene rings is 1. The summed E-state index contributed by atoms with van der Waals surface area (Å²) in [5.41, 5.74) is 1.38. The lowest BCUT2D eigenvalue weighted by atomic mass is 9.88. The molecule has 29 heavy (non-hydrogen) atoms. The molecule has 0 saturated carbocycles. The molecule has 1 N–H and O–H groups in total. The van der Waals surface area contributed by atoms with Gasteiger partial charge in [-0.1, -0.05) is 6.92 Å². The molecule has 2 heterocycles. The van der Waals surface area contributed by atoms with Crippen LogP contribution in [0.2, 0.25) is 0 Å². The highest BCUT2D eigenvalue weighted by Gasteiger charge is 2.30. The predicted molar refractivity (Wildman–Crippen MR) is 108 cm³/mol. The zero-order valence-corrected chi connectivity index (χ0v) is 17.8. The summed E-state index contributed by atoms with van der Waals surface area (Å²) in [7, 11) is 0. The number of nitrogens with one attached hydrogen (secondary N) is 1. The van der Waals surface area contributed by atoms with Crippen LogP contribution >= 0.6 is 11.3 Å². The molecular weight excluding hydrogens is 394 g/mol. The summed E-state index contributed by atoms with van der Waals surface area (Å²) >= 11 is 1.39. The molecular formula is C21H25NO6S. The number of carbonyl (C=O) groups is 3. The highest BCUT2D eigenvalue weighted by atomic mass is 32.1. The van der Waals surface area contributed by atoms with Gasteiger partial charge >= 0.3 is 11.9 Å². The Morgan fingerprint density at radius 2 is 2.07 bits per heavy atom. The average Bonchev–Trinajstić information content (AvgIpc) is 3.24. The Bertz CT molecular complexity index is 928. The van der Waals surface area contributed by atoms with Crippen molar-refractivity contribution in [3.8, 4) is 0 Å². The van der Waals surface area contributed by atoms with Gasteiger partial charge in [0.2, 0.25) is 5.76 Å². The molecule has 0 unspecified atom stereocenters. The molecule has 156 valence electrons. The van der Waals surface area contributed by atoms with Crippen LogP contribution in [0.1, 0.15) is 64.3 Å². The van der Waals surface area contributed by atoms with E-state index in [9.17, 15) is 14.4 Å². The molecule has 0 fully saturated rings. The van der Waals surface area contributed by atoms with Gasteiger partial charge < -0.3 is 19.2 Å². The summed E-state index contributed by atoms with van der Waals surface area (Å²) in [6, 6.07) is 3.14. The number of furan rings is 1. The normalized spacial score (nSPS) is 16.6. The number of anilines is 1. The minimum absolute atomic E-state index is 0.0370.